The van der Waals surface area contributed by atoms with Gasteiger partial charge in [0, 0.05) is 6.92 Å². The SMILES string of the molecule is CC(F)(F)[C@H]1OC1O. The Balaban J connectivity index is 2.39. The van der Waals surface area contributed by atoms with E-state index in [9.17, 15) is 8.78 Å². The van der Waals surface area contributed by atoms with Gasteiger partial charge in [0.1, 0.15) is 0 Å². The molecule has 0 radical (unpaired) electrons. The van der Waals surface area contributed by atoms with E-state index >= 15 is 0 Å². The van der Waals surface area contributed by atoms with E-state index in [1.807, 2.05) is 0 Å². The van der Waals surface area contributed by atoms with Crippen molar-refractivity contribution in [3.63, 3.8) is 0 Å². The molecular weight excluding hydrogens is 118 g/mol. The summed E-state index contributed by atoms with van der Waals surface area (Å²) in [5.41, 5.74) is 0. The van der Waals surface area contributed by atoms with Gasteiger partial charge in [0.05, 0.1) is 0 Å². The molecule has 0 aromatic rings. The van der Waals surface area contributed by atoms with Crippen LogP contribution in [0.25, 0.3) is 0 Å². The van der Waals surface area contributed by atoms with Gasteiger partial charge in [-0.2, -0.15) is 0 Å². The van der Waals surface area contributed by atoms with Gasteiger partial charge in [-0.3, -0.25) is 0 Å². The van der Waals surface area contributed by atoms with E-state index in [-0.39, 0.29) is 0 Å². The van der Waals surface area contributed by atoms with Crippen molar-refractivity contribution in [2.75, 3.05) is 0 Å². The lowest BCUT2D eigenvalue weighted by Gasteiger charge is -2.02. The molecular formula is C4H6F2O2. The normalized spacial score (nSPS) is 37.5. The van der Waals surface area contributed by atoms with Crippen molar-refractivity contribution in [2.45, 2.75) is 25.2 Å². The third kappa shape index (κ3) is 0.952. The van der Waals surface area contributed by atoms with Gasteiger partial charge < -0.3 is 9.84 Å². The Morgan fingerprint density at radius 3 is 2.00 bits per heavy atom. The first kappa shape index (κ1) is 5.91. The number of epoxide rings is 1. The average molecular weight is 124 g/mol. The highest BCUT2D eigenvalue weighted by molar-refractivity contribution is 4.86. The Morgan fingerprint density at radius 2 is 2.00 bits per heavy atom. The predicted octanol–water partition coefficient (Wildman–Crippen LogP) is 0.359. The van der Waals surface area contributed by atoms with Crippen molar-refractivity contribution in [1.82, 2.24) is 0 Å². The van der Waals surface area contributed by atoms with E-state index in [2.05, 4.69) is 4.74 Å². The van der Waals surface area contributed by atoms with E-state index in [0.717, 1.165) is 0 Å². The highest BCUT2D eigenvalue weighted by Gasteiger charge is 2.53. The maximum atomic E-state index is 11.9. The molecule has 1 rings (SSSR count). The molecule has 0 aliphatic carbocycles. The lowest BCUT2D eigenvalue weighted by molar-refractivity contribution is -0.00759. The van der Waals surface area contributed by atoms with Crippen LogP contribution < -0.4 is 0 Å². The zero-order valence-corrected chi connectivity index (χ0v) is 4.27. The fourth-order valence-corrected chi connectivity index (χ4v) is 0.475. The van der Waals surface area contributed by atoms with E-state index in [1.54, 1.807) is 0 Å². The Kier molecular flexibility index (Phi) is 1.02. The van der Waals surface area contributed by atoms with E-state index < -0.39 is 18.3 Å². The summed E-state index contributed by atoms with van der Waals surface area (Å²) in [6.07, 6.45) is -2.50. The van der Waals surface area contributed by atoms with Crippen LogP contribution in [0.5, 0.6) is 0 Å². The number of alkyl halides is 2. The number of halogens is 2. The van der Waals surface area contributed by atoms with Gasteiger partial charge in [0.25, 0.3) is 5.92 Å². The summed E-state index contributed by atoms with van der Waals surface area (Å²) < 4.78 is 27.8. The molecule has 48 valence electrons. The quantitative estimate of drug-likeness (QED) is 0.512. The van der Waals surface area contributed by atoms with Crippen molar-refractivity contribution in [3.05, 3.63) is 0 Å². The minimum atomic E-state index is -2.89. The minimum absolute atomic E-state index is 0.716. The third-order valence-corrected chi connectivity index (χ3v) is 0.968. The maximum Gasteiger partial charge on any atom is 0.276 e. The molecule has 1 aliphatic rings. The van der Waals surface area contributed by atoms with Crippen LogP contribution in [0.2, 0.25) is 0 Å². The van der Waals surface area contributed by atoms with Crippen LogP contribution in [0, 0.1) is 0 Å². The molecule has 1 unspecified atom stereocenters. The topological polar surface area (TPSA) is 32.8 Å². The summed E-state index contributed by atoms with van der Waals surface area (Å²) in [5, 5.41) is 8.26. The molecule has 0 aromatic carbocycles. The first-order valence-electron chi connectivity index (χ1n) is 2.23. The smallest absolute Gasteiger partial charge is 0.276 e. The van der Waals surface area contributed by atoms with Crippen LogP contribution in [0.1, 0.15) is 6.92 Å². The van der Waals surface area contributed by atoms with Crippen molar-refractivity contribution in [1.29, 1.82) is 0 Å². The summed E-state index contributed by atoms with van der Waals surface area (Å²) in [5.74, 6) is -2.89. The van der Waals surface area contributed by atoms with Crippen molar-refractivity contribution in [2.24, 2.45) is 0 Å². The molecule has 0 aromatic heterocycles. The minimum Gasteiger partial charge on any atom is -0.366 e. The van der Waals surface area contributed by atoms with Crippen molar-refractivity contribution in [3.8, 4) is 0 Å². The average Bonchev–Trinajstić information content (AvgIpc) is 2.13. The number of ether oxygens (including phenoxy) is 1. The molecule has 0 spiro atoms. The van der Waals surface area contributed by atoms with Crippen molar-refractivity contribution < 1.29 is 18.6 Å². The van der Waals surface area contributed by atoms with Crippen LogP contribution in [0.4, 0.5) is 8.78 Å². The molecule has 4 heteroatoms. The van der Waals surface area contributed by atoms with Crippen molar-refractivity contribution >= 4 is 0 Å². The summed E-state index contributed by atoms with van der Waals surface area (Å²) in [6, 6.07) is 0. The highest BCUT2D eigenvalue weighted by Crippen LogP contribution is 2.34. The van der Waals surface area contributed by atoms with Crippen LogP contribution in [-0.4, -0.2) is 23.4 Å². The fourth-order valence-electron chi connectivity index (χ4n) is 0.475. The molecule has 2 nitrogen and oxygen atoms in total. The number of rotatable bonds is 1. The van der Waals surface area contributed by atoms with Crippen LogP contribution in [-0.2, 0) is 4.74 Å². The molecule has 0 bridgehead atoms. The predicted molar refractivity (Wildman–Crippen MR) is 21.5 cm³/mol. The van der Waals surface area contributed by atoms with Gasteiger partial charge in [-0.25, -0.2) is 8.78 Å². The summed E-state index contributed by atoms with van der Waals surface area (Å²) >= 11 is 0. The standard InChI is InChI=1S/C4H6F2O2/c1-4(5,6)2-3(7)8-2/h2-3,7H,1H3/t2-,3?/m0/s1. The second kappa shape index (κ2) is 1.39. The number of hydrogen-bond donors (Lipinski definition) is 1. The molecule has 8 heavy (non-hydrogen) atoms. The Labute approximate surface area is 45.1 Å². The largest absolute Gasteiger partial charge is 0.366 e. The third-order valence-electron chi connectivity index (χ3n) is 0.968. The van der Waals surface area contributed by atoms with Crippen LogP contribution in [0.3, 0.4) is 0 Å². The lowest BCUT2D eigenvalue weighted by Crippen LogP contribution is -2.20. The summed E-state index contributed by atoms with van der Waals surface area (Å²) in [7, 11) is 0. The molecule has 0 amide bonds. The van der Waals surface area contributed by atoms with E-state index in [1.165, 1.54) is 0 Å². The Morgan fingerprint density at radius 1 is 1.62 bits per heavy atom. The zero-order valence-electron chi connectivity index (χ0n) is 4.27. The lowest BCUT2D eigenvalue weighted by atomic mass is 10.3. The molecule has 1 fully saturated rings. The molecule has 1 saturated heterocycles. The first-order chi connectivity index (χ1) is 3.52. The van der Waals surface area contributed by atoms with E-state index in [4.69, 9.17) is 5.11 Å². The number of aliphatic hydroxyl groups is 1. The maximum absolute atomic E-state index is 11.9. The molecule has 2 atom stereocenters. The summed E-state index contributed by atoms with van der Waals surface area (Å²) in [6.45, 7) is 0.716. The van der Waals surface area contributed by atoms with Gasteiger partial charge in [0.2, 0.25) is 0 Å². The monoisotopic (exact) mass is 124 g/mol. The second-order valence-corrected chi connectivity index (χ2v) is 1.90. The highest BCUT2D eigenvalue weighted by atomic mass is 19.3. The van der Waals surface area contributed by atoms with Gasteiger partial charge in [0.15, 0.2) is 12.4 Å². The summed E-state index contributed by atoms with van der Waals surface area (Å²) in [4.78, 5) is 0. The van der Waals surface area contributed by atoms with E-state index in [0.29, 0.717) is 6.92 Å². The molecule has 1 N–H and O–H groups in total. The fraction of sp³-hybridized carbons (Fsp3) is 1.00. The molecule has 1 aliphatic heterocycles. The van der Waals surface area contributed by atoms with Crippen LogP contribution in [0.15, 0.2) is 0 Å². The molecule has 1 heterocycles. The number of hydrogen-bond acceptors (Lipinski definition) is 2. The number of aliphatic hydroxyl groups excluding tert-OH is 1. The van der Waals surface area contributed by atoms with Gasteiger partial charge in [-0.05, 0) is 0 Å². The molecule has 0 saturated carbocycles. The van der Waals surface area contributed by atoms with Gasteiger partial charge in [-0.1, -0.05) is 0 Å². The van der Waals surface area contributed by atoms with Crippen LogP contribution >= 0.6 is 0 Å². The zero-order chi connectivity index (χ0) is 6.36. The first-order valence-corrected chi connectivity index (χ1v) is 2.23. The van der Waals surface area contributed by atoms with Gasteiger partial charge in [-0.15, -0.1) is 0 Å². The second-order valence-electron chi connectivity index (χ2n) is 1.90. The van der Waals surface area contributed by atoms with Gasteiger partial charge >= 0.3 is 0 Å². The Bertz CT molecular complexity index is 98.7. The Hall–Kier alpha value is -0.220.